The molecule has 0 spiro atoms. The van der Waals surface area contributed by atoms with Crippen LogP contribution in [-0.4, -0.2) is 22.3 Å². The maximum Gasteiger partial charge on any atom is 0.270 e. The van der Waals surface area contributed by atoms with E-state index >= 15 is 0 Å². The van der Waals surface area contributed by atoms with Gasteiger partial charge in [-0.25, -0.2) is 0 Å². The fraction of sp³-hybridized carbons (Fsp3) is 0.167. The van der Waals surface area contributed by atoms with E-state index in [9.17, 15) is 4.79 Å². The summed E-state index contributed by atoms with van der Waals surface area (Å²) in [6.45, 7) is 1.46. The van der Waals surface area contributed by atoms with Crippen LogP contribution in [0.25, 0.3) is 10.9 Å². The fourth-order valence-electron chi connectivity index (χ4n) is 3.06. The predicted octanol–water partition coefficient (Wildman–Crippen LogP) is 4.13. The van der Waals surface area contributed by atoms with E-state index in [0.717, 1.165) is 28.3 Å². The highest BCUT2D eigenvalue weighted by Crippen LogP contribution is 2.23. The van der Waals surface area contributed by atoms with Crippen molar-refractivity contribution in [3.8, 4) is 0 Å². The highest BCUT2D eigenvalue weighted by atomic mass is 79.9. The number of aromatic amines is 1. The zero-order valence-corrected chi connectivity index (χ0v) is 13.6. The summed E-state index contributed by atoms with van der Waals surface area (Å²) in [6, 6.07) is 16.3. The number of rotatable bonds is 1. The number of hydrogen-bond donors (Lipinski definition) is 1. The zero-order valence-electron chi connectivity index (χ0n) is 12.0. The van der Waals surface area contributed by atoms with E-state index in [0.29, 0.717) is 12.2 Å². The first-order chi connectivity index (χ1) is 10.7. The average Bonchev–Trinajstić information content (AvgIpc) is 2.96. The topological polar surface area (TPSA) is 36.1 Å². The second kappa shape index (κ2) is 5.29. The van der Waals surface area contributed by atoms with Crippen LogP contribution in [0.1, 0.15) is 21.6 Å². The minimum atomic E-state index is 0.0711. The summed E-state index contributed by atoms with van der Waals surface area (Å²) in [5, 5.41) is 1.05. The highest BCUT2D eigenvalue weighted by molar-refractivity contribution is 9.10. The lowest BCUT2D eigenvalue weighted by atomic mass is 10.00. The van der Waals surface area contributed by atoms with Crippen LogP contribution in [0.15, 0.2) is 53.0 Å². The van der Waals surface area contributed by atoms with Crippen LogP contribution in [0.4, 0.5) is 0 Å². The molecule has 110 valence electrons. The van der Waals surface area contributed by atoms with Crippen LogP contribution in [0, 0.1) is 0 Å². The van der Waals surface area contributed by atoms with Gasteiger partial charge >= 0.3 is 0 Å². The molecule has 1 N–H and O–H groups in total. The van der Waals surface area contributed by atoms with Crippen molar-refractivity contribution in [2.75, 3.05) is 6.54 Å². The number of fused-ring (bicyclic) bond motifs is 2. The number of carbonyl (C=O) groups is 1. The van der Waals surface area contributed by atoms with Gasteiger partial charge in [0.05, 0.1) is 0 Å². The van der Waals surface area contributed by atoms with Crippen molar-refractivity contribution >= 4 is 32.7 Å². The Morgan fingerprint density at radius 1 is 1.09 bits per heavy atom. The van der Waals surface area contributed by atoms with Crippen molar-refractivity contribution in [2.45, 2.75) is 13.0 Å². The molecule has 3 nitrogen and oxygen atoms in total. The zero-order chi connectivity index (χ0) is 15.1. The van der Waals surface area contributed by atoms with E-state index in [2.05, 4.69) is 39.1 Å². The van der Waals surface area contributed by atoms with E-state index in [-0.39, 0.29) is 5.91 Å². The van der Waals surface area contributed by atoms with E-state index in [1.54, 1.807) is 0 Å². The van der Waals surface area contributed by atoms with Crippen LogP contribution < -0.4 is 0 Å². The smallest absolute Gasteiger partial charge is 0.270 e. The first kappa shape index (κ1) is 13.6. The summed E-state index contributed by atoms with van der Waals surface area (Å²) < 4.78 is 1.02. The summed E-state index contributed by atoms with van der Waals surface area (Å²) >= 11 is 3.46. The molecule has 4 heteroatoms. The van der Waals surface area contributed by atoms with Gasteiger partial charge in [0.25, 0.3) is 5.91 Å². The molecule has 1 amide bonds. The van der Waals surface area contributed by atoms with Crippen molar-refractivity contribution in [1.29, 1.82) is 0 Å². The van der Waals surface area contributed by atoms with Crippen LogP contribution in [-0.2, 0) is 13.0 Å². The Morgan fingerprint density at radius 3 is 2.77 bits per heavy atom. The Hall–Kier alpha value is -2.07. The lowest BCUT2D eigenvalue weighted by Crippen LogP contribution is -2.36. The molecule has 0 radical (unpaired) electrons. The van der Waals surface area contributed by atoms with Crippen molar-refractivity contribution in [3.63, 3.8) is 0 Å². The van der Waals surface area contributed by atoms with E-state index in [1.165, 1.54) is 11.1 Å². The van der Waals surface area contributed by atoms with Crippen molar-refractivity contribution in [3.05, 3.63) is 69.8 Å². The second-order valence-corrected chi connectivity index (χ2v) is 6.58. The van der Waals surface area contributed by atoms with Gasteiger partial charge in [-0.2, -0.15) is 0 Å². The van der Waals surface area contributed by atoms with Crippen molar-refractivity contribution < 1.29 is 4.79 Å². The molecule has 0 aliphatic carbocycles. The van der Waals surface area contributed by atoms with Gasteiger partial charge in [0.15, 0.2) is 0 Å². The third-order valence-electron chi connectivity index (χ3n) is 4.23. The number of benzene rings is 2. The molecule has 0 saturated heterocycles. The maximum absolute atomic E-state index is 12.7. The van der Waals surface area contributed by atoms with Crippen molar-refractivity contribution in [2.24, 2.45) is 0 Å². The molecule has 1 aromatic heterocycles. The Balaban J connectivity index is 1.64. The maximum atomic E-state index is 12.7. The Kier molecular flexibility index (Phi) is 3.26. The third-order valence-corrected chi connectivity index (χ3v) is 4.72. The first-order valence-electron chi connectivity index (χ1n) is 7.35. The molecular formula is C18H15BrN2O. The molecule has 0 unspecified atom stereocenters. The molecule has 0 atom stereocenters. The molecule has 2 aromatic carbocycles. The van der Waals surface area contributed by atoms with E-state index in [4.69, 9.17) is 0 Å². The lowest BCUT2D eigenvalue weighted by molar-refractivity contribution is 0.0730. The Labute approximate surface area is 137 Å². The van der Waals surface area contributed by atoms with Gasteiger partial charge in [0.2, 0.25) is 0 Å². The number of aromatic nitrogens is 1. The van der Waals surface area contributed by atoms with Gasteiger partial charge in [-0.1, -0.05) is 40.2 Å². The molecule has 1 aliphatic heterocycles. The quantitative estimate of drug-likeness (QED) is 0.700. The summed E-state index contributed by atoms with van der Waals surface area (Å²) in [5.41, 5.74) is 4.25. The number of nitrogens with zero attached hydrogens (tertiary/aromatic N) is 1. The molecule has 0 saturated carbocycles. The second-order valence-electron chi connectivity index (χ2n) is 5.66. The minimum Gasteiger partial charge on any atom is -0.351 e. The van der Waals surface area contributed by atoms with Crippen LogP contribution in [0.3, 0.4) is 0 Å². The Bertz CT molecular complexity index is 868. The van der Waals surface area contributed by atoms with Gasteiger partial charge in [-0.05, 0) is 41.8 Å². The minimum absolute atomic E-state index is 0.0711. The van der Waals surface area contributed by atoms with Gasteiger partial charge < -0.3 is 9.88 Å². The van der Waals surface area contributed by atoms with Gasteiger partial charge in [-0.3, -0.25) is 4.79 Å². The van der Waals surface area contributed by atoms with E-state index in [1.807, 2.05) is 35.2 Å². The summed E-state index contributed by atoms with van der Waals surface area (Å²) in [4.78, 5) is 17.9. The van der Waals surface area contributed by atoms with Crippen LogP contribution >= 0.6 is 15.9 Å². The monoisotopic (exact) mass is 354 g/mol. The highest BCUT2D eigenvalue weighted by Gasteiger charge is 2.22. The number of amides is 1. The van der Waals surface area contributed by atoms with Gasteiger partial charge in [0.1, 0.15) is 5.69 Å². The lowest BCUT2D eigenvalue weighted by Gasteiger charge is -2.28. The molecule has 2 heterocycles. The molecular weight excluding hydrogens is 340 g/mol. The summed E-state index contributed by atoms with van der Waals surface area (Å²) in [5.74, 6) is 0.0711. The number of nitrogens with one attached hydrogen (secondary N) is 1. The molecule has 0 fully saturated rings. The molecule has 22 heavy (non-hydrogen) atoms. The molecule has 4 rings (SSSR count). The standard InChI is InChI=1S/C18H15BrN2O/c19-15-5-6-16-14(9-15)10-17(20-16)18(22)21-8-7-12-3-1-2-4-13(12)11-21/h1-6,9-10,20H,7-8,11H2. The van der Waals surface area contributed by atoms with Crippen molar-refractivity contribution in [1.82, 2.24) is 9.88 Å². The number of halogens is 1. The normalized spacial score (nSPS) is 14.1. The van der Waals surface area contributed by atoms with Crippen LogP contribution in [0.5, 0.6) is 0 Å². The Morgan fingerprint density at radius 2 is 1.91 bits per heavy atom. The van der Waals surface area contributed by atoms with Gasteiger partial charge in [-0.15, -0.1) is 0 Å². The first-order valence-corrected chi connectivity index (χ1v) is 8.14. The average molecular weight is 355 g/mol. The summed E-state index contributed by atoms with van der Waals surface area (Å²) in [6.07, 6.45) is 0.924. The molecule has 0 bridgehead atoms. The largest absolute Gasteiger partial charge is 0.351 e. The van der Waals surface area contributed by atoms with Gasteiger partial charge in [0, 0.05) is 28.5 Å². The molecule has 1 aliphatic rings. The SMILES string of the molecule is O=C(c1cc2cc(Br)ccc2[nH]1)N1CCc2ccccc2C1. The number of hydrogen-bond acceptors (Lipinski definition) is 1. The predicted molar refractivity (Wildman–Crippen MR) is 90.9 cm³/mol. The van der Waals surface area contributed by atoms with E-state index < -0.39 is 0 Å². The number of H-pyrrole nitrogens is 1. The summed E-state index contributed by atoms with van der Waals surface area (Å²) in [7, 11) is 0. The number of carbonyl (C=O) groups excluding carboxylic acids is 1. The fourth-order valence-corrected chi connectivity index (χ4v) is 3.44. The third kappa shape index (κ3) is 2.33. The molecule has 3 aromatic rings. The van der Waals surface area contributed by atoms with Crippen LogP contribution in [0.2, 0.25) is 0 Å².